The lowest BCUT2D eigenvalue weighted by molar-refractivity contribution is -0.141. The summed E-state index contributed by atoms with van der Waals surface area (Å²) in [7, 11) is 0. The van der Waals surface area contributed by atoms with E-state index in [0.717, 1.165) is 19.3 Å². The van der Waals surface area contributed by atoms with E-state index in [4.69, 9.17) is 4.74 Å². The van der Waals surface area contributed by atoms with Crippen LogP contribution in [0.2, 0.25) is 0 Å². The Kier molecular flexibility index (Phi) is 2.82. The Morgan fingerprint density at radius 1 is 1.29 bits per heavy atom. The summed E-state index contributed by atoms with van der Waals surface area (Å²) in [5.41, 5.74) is 1.32. The molecular weight excluding hydrogens is 176 g/mol. The summed E-state index contributed by atoms with van der Waals surface area (Å²) in [5, 5.41) is 0. The fraction of sp³-hybridized carbons (Fsp3) is 0.417. The van der Waals surface area contributed by atoms with Gasteiger partial charge in [-0.3, -0.25) is 4.79 Å². The zero-order chi connectivity index (χ0) is 9.80. The second-order valence-electron chi connectivity index (χ2n) is 3.67. The van der Waals surface area contributed by atoms with Crippen molar-refractivity contribution in [1.29, 1.82) is 0 Å². The largest absolute Gasteiger partial charge is 0.462 e. The number of cyclic esters (lactones) is 1. The molecule has 1 saturated heterocycles. The van der Waals surface area contributed by atoms with Crippen LogP contribution in [-0.2, 0) is 16.0 Å². The third-order valence-corrected chi connectivity index (χ3v) is 2.57. The summed E-state index contributed by atoms with van der Waals surface area (Å²) in [6.45, 7) is 0. The molecule has 0 radical (unpaired) electrons. The monoisotopic (exact) mass is 190 g/mol. The van der Waals surface area contributed by atoms with Crippen LogP contribution in [0.1, 0.15) is 24.8 Å². The maximum Gasteiger partial charge on any atom is 0.306 e. The van der Waals surface area contributed by atoms with Gasteiger partial charge in [-0.05, 0) is 24.8 Å². The number of ether oxygens (including phenoxy) is 1. The minimum Gasteiger partial charge on any atom is -0.462 e. The van der Waals surface area contributed by atoms with Crippen LogP contribution in [0.25, 0.3) is 0 Å². The van der Waals surface area contributed by atoms with Crippen LogP contribution in [-0.4, -0.2) is 12.1 Å². The number of rotatable bonds is 3. The lowest BCUT2D eigenvalue weighted by Crippen LogP contribution is -2.07. The highest BCUT2D eigenvalue weighted by Crippen LogP contribution is 2.18. The summed E-state index contributed by atoms with van der Waals surface area (Å²) >= 11 is 0. The third kappa shape index (κ3) is 2.34. The molecule has 1 aromatic carbocycles. The summed E-state index contributed by atoms with van der Waals surface area (Å²) < 4.78 is 5.14. The standard InChI is InChI=1S/C12H14O2/c13-12-9-8-11(14-12)7-6-10-4-2-1-3-5-10/h1-5,11H,6-9H2/t11-/m0/s1. The van der Waals surface area contributed by atoms with Crippen LogP contribution in [0.4, 0.5) is 0 Å². The Labute approximate surface area is 83.9 Å². The van der Waals surface area contributed by atoms with Gasteiger partial charge in [-0.25, -0.2) is 0 Å². The minimum atomic E-state index is -0.0388. The highest BCUT2D eigenvalue weighted by molar-refractivity contribution is 5.71. The summed E-state index contributed by atoms with van der Waals surface area (Å²) in [6, 6.07) is 10.3. The molecule has 1 heterocycles. The van der Waals surface area contributed by atoms with Crippen LogP contribution in [0, 0.1) is 0 Å². The van der Waals surface area contributed by atoms with Crippen LogP contribution >= 0.6 is 0 Å². The predicted molar refractivity (Wildman–Crippen MR) is 53.9 cm³/mol. The fourth-order valence-corrected chi connectivity index (χ4v) is 1.76. The zero-order valence-electron chi connectivity index (χ0n) is 8.11. The van der Waals surface area contributed by atoms with Crippen LogP contribution in [0.3, 0.4) is 0 Å². The number of hydrogen-bond acceptors (Lipinski definition) is 2. The molecule has 0 saturated carbocycles. The fourth-order valence-electron chi connectivity index (χ4n) is 1.76. The van der Waals surface area contributed by atoms with Crippen LogP contribution in [0.15, 0.2) is 30.3 Å². The van der Waals surface area contributed by atoms with E-state index in [0.29, 0.717) is 6.42 Å². The van der Waals surface area contributed by atoms with Gasteiger partial charge in [-0.15, -0.1) is 0 Å². The lowest BCUT2D eigenvalue weighted by atomic mass is 10.1. The molecule has 0 spiro atoms. The Morgan fingerprint density at radius 3 is 2.71 bits per heavy atom. The molecule has 74 valence electrons. The highest BCUT2D eigenvalue weighted by atomic mass is 16.5. The van der Waals surface area contributed by atoms with Gasteiger partial charge in [-0.2, -0.15) is 0 Å². The first-order valence-corrected chi connectivity index (χ1v) is 5.08. The smallest absolute Gasteiger partial charge is 0.306 e. The van der Waals surface area contributed by atoms with Gasteiger partial charge < -0.3 is 4.74 Å². The quantitative estimate of drug-likeness (QED) is 0.684. The second-order valence-corrected chi connectivity index (χ2v) is 3.67. The van der Waals surface area contributed by atoms with Crippen molar-refractivity contribution in [3.8, 4) is 0 Å². The lowest BCUT2D eigenvalue weighted by Gasteiger charge is -2.08. The molecule has 0 N–H and O–H groups in total. The number of hydrogen-bond donors (Lipinski definition) is 0. The van der Waals surface area contributed by atoms with Crippen molar-refractivity contribution in [3.05, 3.63) is 35.9 Å². The predicted octanol–water partition coefficient (Wildman–Crippen LogP) is 2.32. The molecule has 14 heavy (non-hydrogen) atoms. The van der Waals surface area contributed by atoms with Gasteiger partial charge in [0.1, 0.15) is 6.10 Å². The number of aryl methyl sites for hydroxylation is 1. The zero-order valence-corrected chi connectivity index (χ0v) is 8.11. The van der Waals surface area contributed by atoms with E-state index < -0.39 is 0 Å². The molecular formula is C12H14O2. The Morgan fingerprint density at radius 2 is 2.07 bits per heavy atom. The molecule has 2 rings (SSSR count). The molecule has 2 nitrogen and oxygen atoms in total. The Bertz CT molecular complexity index is 305. The Hall–Kier alpha value is -1.31. The van der Waals surface area contributed by atoms with Crippen LogP contribution in [0.5, 0.6) is 0 Å². The van der Waals surface area contributed by atoms with Gasteiger partial charge in [0.2, 0.25) is 0 Å². The molecule has 1 fully saturated rings. The number of carbonyl (C=O) groups is 1. The van der Waals surface area contributed by atoms with Gasteiger partial charge in [0.25, 0.3) is 0 Å². The molecule has 2 heteroatoms. The van der Waals surface area contributed by atoms with Crippen molar-refractivity contribution < 1.29 is 9.53 Å². The number of esters is 1. The van der Waals surface area contributed by atoms with Crippen molar-refractivity contribution in [1.82, 2.24) is 0 Å². The van der Waals surface area contributed by atoms with Gasteiger partial charge >= 0.3 is 5.97 Å². The van der Waals surface area contributed by atoms with E-state index in [9.17, 15) is 4.79 Å². The van der Waals surface area contributed by atoms with Crippen molar-refractivity contribution in [2.45, 2.75) is 31.8 Å². The molecule has 0 amide bonds. The topological polar surface area (TPSA) is 26.3 Å². The van der Waals surface area contributed by atoms with Gasteiger partial charge in [0.15, 0.2) is 0 Å². The molecule has 1 aromatic rings. The van der Waals surface area contributed by atoms with E-state index in [1.54, 1.807) is 0 Å². The molecule has 1 aliphatic heterocycles. The first kappa shape index (κ1) is 9.25. The van der Waals surface area contributed by atoms with E-state index in [1.165, 1.54) is 5.56 Å². The van der Waals surface area contributed by atoms with Gasteiger partial charge in [0, 0.05) is 6.42 Å². The maximum absolute atomic E-state index is 10.8. The number of benzene rings is 1. The summed E-state index contributed by atoms with van der Waals surface area (Å²) in [6.07, 6.45) is 3.60. The van der Waals surface area contributed by atoms with E-state index in [-0.39, 0.29) is 12.1 Å². The van der Waals surface area contributed by atoms with E-state index in [1.807, 2.05) is 18.2 Å². The molecule has 0 aromatic heterocycles. The van der Waals surface area contributed by atoms with Crippen molar-refractivity contribution in [2.75, 3.05) is 0 Å². The number of carbonyl (C=O) groups excluding carboxylic acids is 1. The van der Waals surface area contributed by atoms with Crippen molar-refractivity contribution >= 4 is 5.97 Å². The Balaban J connectivity index is 1.80. The summed E-state index contributed by atoms with van der Waals surface area (Å²) in [5.74, 6) is -0.0388. The molecule has 1 atom stereocenters. The minimum absolute atomic E-state index is 0.0388. The van der Waals surface area contributed by atoms with Gasteiger partial charge in [0.05, 0.1) is 0 Å². The van der Waals surface area contributed by atoms with Crippen LogP contribution < -0.4 is 0 Å². The van der Waals surface area contributed by atoms with E-state index in [2.05, 4.69) is 12.1 Å². The maximum atomic E-state index is 10.8. The third-order valence-electron chi connectivity index (χ3n) is 2.57. The van der Waals surface area contributed by atoms with E-state index >= 15 is 0 Å². The molecule has 0 aliphatic carbocycles. The first-order valence-electron chi connectivity index (χ1n) is 5.08. The average molecular weight is 190 g/mol. The first-order chi connectivity index (χ1) is 6.84. The van der Waals surface area contributed by atoms with Crippen molar-refractivity contribution in [2.24, 2.45) is 0 Å². The molecule has 1 aliphatic rings. The normalized spacial score (nSPS) is 20.9. The molecule has 0 unspecified atom stereocenters. The average Bonchev–Trinajstić information content (AvgIpc) is 2.63. The van der Waals surface area contributed by atoms with Gasteiger partial charge in [-0.1, -0.05) is 30.3 Å². The molecule has 0 bridgehead atoms. The SMILES string of the molecule is O=C1CC[C@H](CCc2ccccc2)O1. The highest BCUT2D eigenvalue weighted by Gasteiger charge is 2.22. The summed E-state index contributed by atoms with van der Waals surface area (Å²) in [4.78, 5) is 10.8. The van der Waals surface area contributed by atoms with Crippen molar-refractivity contribution in [3.63, 3.8) is 0 Å². The second kappa shape index (κ2) is 4.27.